The summed E-state index contributed by atoms with van der Waals surface area (Å²) < 4.78 is 90.1. The van der Waals surface area contributed by atoms with Crippen LogP contribution in [0.1, 0.15) is 0 Å². The maximum Gasteiger partial charge on any atom is 0.501 e. The van der Waals surface area contributed by atoms with Crippen LogP contribution in [-0.2, 0) is 19.9 Å². The van der Waals surface area contributed by atoms with Gasteiger partial charge in [0.25, 0.3) is 9.84 Å². The summed E-state index contributed by atoms with van der Waals surface area (Å²) in [5.41, 5.74) is -4.23. The van der Waals surface area contributed by atoms with Crippen molar-refractivity contribution < 1.29 is 30.0 Å². The zero-order valence-corrected chi connectivity index (χ0v) is 17.9. The van der Waals surface area contributed by atoms with E-state index in [1.54, 1.807) is 18.2 Å². The highest BCUT2D eigenvalue weighted by molar-refractivity contribution is 7.94. The Morgan fingerprint density at radius 1 is 0.812 bits per heavy atom. The number of rotatable bonds is 4. The van der Waals surface area contributed by atoms with Gasteiger partial charge in [-0.1, -0.05) is 18.2 Å². The molecule has 2 heterocycles. The van der Waals surface area contributed by atoms with E-state index in [4.69, 9.17) is 0 Å². The summed E-state index contributed by atoms with van der Waals surface area (Å²) in [4.78, 5) is 16.5. The van der Waals surface area contributed by atoms with Crippen molar-refractivity contribution in [1.82, 2.24) is 14.3 Å². The van der Waals surface area contributed by atoms with Gasteiger partial charge in [-0.25, -0.2) is 21.6 Å². The predicted octanol–water partition coefficient (Wildman–Crippen LogP) is 1.66. The highest BCUT2D eigenvalue weighted by Gasteiger charge is 2.49. The van der Waals surface area contributed by atoms with Gasteiger partial charge in [-0.3, -0.25) is 0 Å². The number of benzene rings is 2. The molecule has 9 nitrogen and oxygen atoms in total. The van der Waals surface area contributed by atoms with Gasteiger partial charge in [0.2, 0.25) is 10.0 Å². The van der Waals surface area contributed by atoms with Gasteiger partial charge in [-0.05, 0) is 24.3 Å². The van der Waals surface area contributed by atoms with E-state index >= 15 is 0 Å². The highest BCUT2D eigenvalue weighted by Crippen LogP contribution is 2.35. The first-order chi connectivity index (χ1) is 14.9. The summed E-state index contributed by atoms with van der Waals surface area (Å²) in [6.45, 7) is 0.182. The number of hydrogen-bond donors (Lipinski definition) is 2. The number of anilines is 1. The van der Waals surface area contributed by atoms with Gasteiger partial charge >= 0.3 is 11.2 Å². The standard InChI is InChI=1S/C18H17F3N4O5S2/c19-18(20,21)31(27,28)14-6-1-2-7-15(14)32(29,30)25-10-8-24(9-11-25)13-5-3-4-12-16(13)23-17(26)22-12/h1-7H,8-11H2,(H2,22,23,26). The van der Waals surface area contributed by atoms with Gasteiger partial charge in [0, 0.05) is 26.2 Å². The fourth-order valence-corrected chi connectivity index (χ4v) is 6.60. The molecule has 2 aromatic carbocycles. The van der Waals surface area contributed by atoms with Gasteiger partial charge in [0.1, 0.15) is 4.90 Å². The summed E-state index contributed by atoms with van der Waals surface area (Å²) in [7, 11) is -10.4. The molecule has 0 aliphatic carbocycles. The number of imidazole rings is 1. The van der Waals surface area contributed by atoms with Crippen LogP contribution in [-0.4, -0.2) is 62.8 Å². The molecule has 1 saturated heterocycles. The molecule has 1 aromatic heterocycles. The van der Waals surface area contributed by atoms with E-state index in [1.807, 2.05) is 4.90 Å². The molecule has 4 rings (SSSR count). The smallest absolute Gasteiger partial charge is 0.367 e. The van der Waals surface area contributed by atoms with Crippen LogP contribution < -0.4 is 10.6 Å². The van der Waals surface area contributed by atoms with Crippen molar-refractivity contribution in [3.05, 3.63) is 52.9 Å². The van der Waals surface area contributed by atoms with Crippen LogP contribution >= 0.6 is 0 Å². The lowest BCUT2D eigenvalue weighted by atomic mass is 10.2. The van der Waals surface area contributed by atoms with Gasteiger partial charge in [-0.15, -0.1) is 0 Å². The number of alkyl halides is 3. The van der Waals surface area contributed by atoms with Gasteiger partial charge in [0.05, 0.1) is 21.6 Å². The van der Waals surface area contributed by atoms with Crippen molar-refractivity contribution in [3.63, 3.8) is 0 Å². The number of fused-ring (bicyclic) bond motifs is 1. The second-order valence-corrected chi connectivity index (χ2v) is 10.9. The number of hydrogen-bond acceptors (Lipinski definition) is 6. The Morgan fingerprint density at radius 2 is 1.44 bits per heavy atom. The Morgan fingerprint density at radius 3 is 2.06 bits per heavy atom. The molecule has 3 aromatic rings. The third-order valence-electron chi connectivity index (χ3n) is 5.17. The molecule has 0 radical (unpaired) electrons. The predicted molar refractivity (Wildman–Crippen MR) is 110 cm³/mol. The maximum atomic E-state index is 13.1. The molecule has 2 N–H and O–H groups in total. The molecule has 1 fully saturated rings. The fraction of sp³-hybridized carbons (Fsp3) is 0.278. The Labute approximate surface area is 180 Å². The molecule has 0 spiro atoms. The third-order valence-corrected chi connectivity index (χ3v) is 8.80. The largest absolute Gasteiger partial charge is 0.501 e. The molecule has 0 atom stereocenters. The molecule has 172 valence electrons. The van der Waals surface area contributed by atoms with E-state index in [2.05, 4.69) is 9.97 Å². The topological polar surface area (TPSA) is 123 Å². The van der Waals surface area contributed by atoms with Crippen molar-refractivity contribution in [2.75, 3.05) is 31.1 Å². The zero-order chi connectivity index (χ0) is 23.3. The Hall–Kier alpha value is -2.84. The molecule has 0 bridgehead atoms. The first kappa shape index (κ1) is 22.4. The highest BCUT2D eigenvalue weighted by atomic mass is 32.2. The molecule has 14 heteroatoms. The number of para-hydroxylation sites is 1. The number of halogens is 3. The molecule has 0 saturated carbocycles. The van der Waals surface area contributed by atoms with Crippen LogP contribution in [0, 0.1) is 0 Å². The zero-order valence-electron chi connectivity index (χ0n) is 16.3. The summed E-state index contributed by atoms with van der Waals surface area (Å²) in [5, 5.41) is 0. The van der Waals surface area contributed by atoms with Gasteiger partial charge in [-0.2, -0.15) is 17.5 Å². The summed E-state index contributed by atoms with van der Waals surface area (Å²) in [6.07, 6.45) is 0. The number of sulfone groups is 1. The van der Waals surface area contributed by atoms with Crippen molar-refractivity contribution in [1.29, 1.82) is 0 Å². The Balaban J connectivity index is 1.63. The number of aromatic nitrogens is 2. The molecule has 1 aliphatic heterocycles. The Kier molecular flexibility index (Phi) is 5.33. The summed E-state index contributed by atoms with van der Waals surface area (Å²) >= 11 is 0. The van der Waals surface area contributed by atoms with E-state index in [-0.39, 0.29) is 26.2 Å². The van der Waals surface area contributed by atoms with Crippen LogP contribution in [0.5, 0.6) is 0 Å². The molecular formula is C18H17F3N4O5S2. The SMILES string of the molecule is O=c1[nH]c2cccc(N3CCN(S(=O)(=O)c4ccccc4S(=O)(=O)C(F)(F)F)CC3)c2[nH]1. The van der Waals surface area contributed by atoms with Crippen molar-refractivity contribution >= 4 is 36.6 Å². The normalized spacial score (nSPS) is 16.5. The van der Waals surface area contributed by atoms with Crippen molar-refractivity contribution in [3.8, 4) is 0 Å². The molecule has 0 unspecified atom stereocenters. The van der Waals surface area contributed by atoms with Crippen molar-refractivity contribution in [2.45, 2.75) is 15.3 Å². The fourth-order valence-electron chi connectivity index (χ4n) is 3.62. The molecule has 0 amide bonds. The van der Waals surface area contributed by atoms with Crippen LogP contribution in [0.15, 0.2) is 57.1 Å². The molecule has 1 aliphatic rings. The quantitative estimate of drug-likeness (QED) is 0.574. The van der Waals surface area contributed by atoms with E-state index in [1.165, 1.54) is 6.07 Å². The second-order valence-electron chi connectivity index (χ2n) is 7.07. The molecular weight excluding hydrogens is 473 g/mol. The van der Waals surface area contributed by atoms with E-state index in [0.29, 0.717) is 22.8 Å². The number of nitrogens with zero attached hydrogens (tertiary/aromatic N) is 2. The summed E-state index contributed by atoms with van der Waals surface area (Å²) in [5.74, 6) is 0. The van der Waals surface area contributed by atoms with Crippen LogP contribution in [0.2, 0.25) is 0 Å². The van der Waals surface area contributed by atoms with Crippen molar-refractivity contribution in [2.24, 2.45) is 0 Å². The minimum Gasteiger partial charge on any atom is -0.367 e. The minimum absolute atomic E-state index is 0.0895. The first-order valence-electron chi connectivity index (χ1n) is 9.29. The number of sulfonamides is 1. The lowest BCUT2D eigenvalue weighted by Crippen LogP contribution is -2.49. The average Bonchev–Trinajstić information content (AvgIpc) is 3.13. The van der Waals surface area contributed by atoms with E-state index < -0.39 is 40.8 Å². The molecule has 32 heavy (non-hydrogen) atoms. The van der Waals surface area contributed by atoms with E-state index in [0.717, 1.165) is 16.4 Å². The lowest BCUT2D eigenvalue weighted by molar-refractivity contribution is -0.0437. The van der Waals surface area contributed by atoms with Gasteiger partial charge < -0.3 is 14.9 Å². The van der Waals surface area contributed by atoms with Gasteiger partial charge in [0.15, 0.2) is 0 Å². The maximum absolute atomic E-state index is 13.1. The monoisotopic (exact) mass is 490 g/mol. The summed E-state index contributed by atoms with van der Waals surface area (Å²) in [6, 6.07) is 8.87. The number of aromatic amines is 2. The number of H-pyrrole nitrogens is 2. The first-order valence-corrected chi connectivity index (χ1v) is 12.2. The lowest BCUT2D eigenvalue weighted by Gasteiger charge is -2.35. The Bertz CT molecular complexity index is 1440. The number of nitrogens with one attached hydrogen (secondary N) is 2. The average molecular weight is 490 g/mol. The van der Waals surface area contributed by atoms with Crippen LogP contribution in [0.4, 0.5) is 18.9 Å². The van der Waals surface area contributed by atoms with Crippen LogP contribution in [0.3, 0.4) is 0 Å². The van der Waals surface area contributed by atoms with E-state index in [9.17, 15) is 34.8 Å². The third kappa shape index (κ3) is 3.67. The van der Waals surface area contributed by atoms with Crippen LogP contribution in [0.25, 0.3) is 11.0 Å². The minimum atomic E-state index is -5.86. The second kappa shape index (κ2) is 7.64. The number of piperazine rings is 1.